The fourth-order valence-corrected chi connectivity index (χ4v) is 1.89. The molecule has 2 rings (SSSR count). The topological polar surface area (TPSA) is 29.9 Å². The van der Waals surface area contributed by atoms with Crippen molar-refractivity contribution in [3.05, 3.63) is 18.7 Å². The van der Waals surface area contributed by atoms with E-state index >= 15 is 0 Å². The lowest BCUT2D eigenvalue weighted by Gasteiger charge is -2.33. The van der Waals surface area contributed by atoms with Crippen LogP contribution in [0.2, 0.25) is 0 Å². The lowest BCUT2D eigenvalue weighted by atomic mass is 9.82. The minimum atomic E-state index is 0.776. The van der Waals surface area contributed by atoms with Gasteiger partial charge in [0, 0.05) is 31.5 Å². The van der Waals surface area contributed by atoms with Gasteiger partial charge in [0.1, 0.15) is 0 Å². The Morgan fingerprint density at radius 2 is 2.38 bits per heavy atom. The molecule has 0 unspecified atom stereocenters. The summed E-state index contributed by atoms with van der Waals surface area (Å²) in [4.78, 5) is 4.00. The van der Waals surface area contributed by atoms with Crippen LogP contribution in [0.3, 0.4) is 0 Å². The molecule has 1 aliphatic carbocycles. The molecule has 1 aromatic rings. The molecular weight excluding hydrogens is 162 g/mol. The summed E-state index contributed by atoms with van der Waals surface area (Å²) in [5.74, 6) is 0.936. The molecule has 72 valence electrons. The standard InChI is InChI=1S/C10H17N3/c1-9-6-10(7-9)12-3-5-13-4-2-11-8-13/h2,4,8-10,12H,3,5-7H2,1H3. The van der Waals surface area contributed by atoms with E-state index in [0.29, 0.717) is 0 Å². The molecule has 1 aromatic heterocycles. The minimum Gasteiger partial charge on any atom is -0.336 e. The van der Waals surface area contributed by atoms with Crippen molar-refractivity contribution in [2.45, 2.75) is 32.4 Å². The van der Waals surface area contributed by atoms with Crippen LogP contribution >= 0.6 is 0 Å². The predicted octanol–water partition coefficient (Wildman–Crippen LogP) is 1.27. The van der Waals surface area contributed by atoms with Gasteiger partial charge in [-0.2, -0.15) is 0 Å². The van der Waals surface area contributed by atoms with Crippen LogP contribution in [0, 0.1) is 5.92 Å². The van der Waals surface area contributed by atoms with Gasteiger partial charge in [0.15, 0.2) is 0 Å². The normalized spacial score (nSPS) is 27.2. The van der Waals surface area contributed by atoms with Gasteiger partial charge in [-0.15, -0.1) is 0 Å². The van der Waals surface area contributed by atoms with E-state index in [1.54, 1.807) is 0 Å². The van der Waals surface area contributed by atoms with Gasteiger partial charge in [-0.25, -0.2) is 4.98 Å². The highest BCUT2D eigenvalue weighted by molar-refractivity contribution is 4.82. The van der Waals surface area contributed by atoms with Gasteiger partial charge in [0.2, 0.25) is 0 Å². The van der Waals surface area contributed by atoms with Crippen molar-refractivity contribution in [3.8, 4) is 0 Å². The smallest absolute Gasteiger partial charge is 0.0946 e. The van der Waals surface area contributed by atoms with E-state index in [0.717, 1.165) is 25.0 Å². The quantitative estimate of drug-likeness (QED) is 0.754. The van der Waals surface area contributed by atoms with Crippen molar-refractivity contribution in [1.82, 2.24) is 14.9 Å². The predicted molar refractivity (Wildman–Crippen MR) is 52.4 cm³/mol. The molecule has 1 heterocycles. The van der Waals surface area contributed by atoms with Crippen molar-refractivity contribution >= 4 is 0 Å². The molecule has 3 nitrogen and oxygen atoms in total. The Morgan fingerprint density at radius 3 is 3.00 bits per heavy atom. The van der Waals surface area contributed by atoms with Crippen LogP contribution in [-0.2, 0) is 6.54 Å². The van der Waals surface area contributed by atoms with Crippen LogP contribution in [0.1, 0.15) is 19.8 Å². The summed E-state index contributed by atoms with van der Waals surface area (Å²) in [6, 6.07) is 0.776. The van der Waals surface area contributed by atoms with Crippen molar-refractivity contribution in [2.75, 3.05) is 6.54 Å². The van der Waals surface area contributed by atoms with Crippen molar-refractivity contribution in [1.29, 1.82) is 0 Å². The van der Waals surface area contributed by atoms with Gasteiger partial charge >= 0.3 is 0 Å². The summed E-state index contributed by atoms with van der Waals surface area (Å²) in [6.07, 6.45) is 8.40. The van der Waals surface area contributed by atoms with Gasteiger partial charge in [-0.1, -0.05) is 6.92 Å². The Bertz CT molecular complexity index is 237. The molecule has 0 amide bonds. The largest absolute Gasteiger partial charge is 0.336 e. The van der Waals surface area contributed by atoms with Gasteiger partial charge in [-0.3, -0.25) is 0 Å². The maximum atomic E-state index is 4.00. The maximum absolute atomic E-state index is 4.00. The molecule has 0 saturated heterocycles. The Morgan fingerprint density at radius 1 is 1.54 bits per heavy atom. The fourth-order valence-electron chi connectivity index (χ4n) is 1.89. The highest BCUT2D eigenvalue weighted by Crippen LogP contribution is 2.25. The zero-order valence-corrected chi connectivity index (χ0v) is 8.11. The zero-order valence-electron chi connectivity index (χ0n) is 8.11. The van der Waals surface area contributed by atoms with Gasteiger partial charge in [0.25, 0.3) is 0 Å². The first-order valence-electron chi connectivity index (χ1n) is 5.03. The number of rotatable bonds is 4. The highest BCUT2D eigenvalue weighted by Gasteiger charge is 2.23. The third-order valence-corrected chi connectivity index (χ3v) is 2.74. The third kappa shape index (κ3) is 2.31. The average Bonchev–Trinajstić information content (AvgIpc) is 2.53. The zero-order chi connectivity index (χ0) is 9.10. The average molecular weight is 179 g/mol. The van der Waals surface area contributed by atoms with E-state index in [1.807, 2.05) is 18.7 Å². The molecule has 1 fully saturated rings. The second kappa shape index (κ2) is 3.92. The first-order valence-corrected chi connectivity index (χ1v) is 5.03. The second-order valence-electron chi connectivity index (χ2n) is 4.03. The second-order valence-corrected chi connectivity index (χ2v) is 4.03. The van der Waals surface area contributed by atoms with Crippen LogP contribution in [-0.4, -0.2) is 22.1 Å². The Balaban J connectivity index is 1.59. The molecule has 0 spiro atoms. The summed E-state index contributed by atoms with van der Waals surface area (Å²) in [5, 5.41) is 3.54. The van der Waals surface area contributed by atoms with E-state index in [-0.39, 0.29) is 0 Å². The molecule has 1 saturated carbocycles. The number of aromatic nitrogens is 2. The summed E-state index contributed by atoms with van der Waals surface area (Å²) >= 11 is 0. The third-order valence-electron chi connectivity index (χ3n) is 2.74. The number of hydrogen-bond donors (Lipinski definition) is 1. The van der Waals surface area contributed by atoms with Crippen LogP contribution in [0.15, 0.2) is 18.7 Å². The van der Waals surface area contributed by atoms with E-state index < -0.39 is 0 Å². The molecule has 0 atom stereocenters. The molecule has 0 aromatic carbocycles. The maximum Gasteiger partial charge on any atom is 0.0946 e. The van der Waals surface area contributed by atoms with Crippen molar-refractivity contribution in [2.24, 2.45) is 5.92 Å². The van der Waals surface area contributed by atoms with E-state index in [9.17, 15) is 0 Å². The Labute approximate surface area is 79.2 Å². The molecule has 1 N–H and O–H groups in total. The first kappa shape index (κ1) is 8.75. The van der Waals surface area contributed by atoms with Crippen LogP contribution in [0.5, 0.6) is 0 Å². The number of imidazole rings is 1. The SMILES string of the molecule is CC1CC(NCCn2ccnc2)C1. The fraction of sp³-hybridized carbons (Fsp3) is 0.700. The minimum absolute atomic E-state index is 0.776. The molecule has 3 heteroatoms. The van der Waals surface area contributed by atoms with Gasteiger partial charge < -0.3 is 9.88 Å². The van der Waals surface area contributed by atoms with Crippen LogP contribution in [0.4, 0.5) is 0 Å². The summed E-state index contributed by atoms with van der Waals surface area (Å²) in [5.41, 5.74) is 0. The van der Waals surface area contributed by atoms with Gasteiger partial charge in [0.05, 0.1) is 6.33 Å². The summed E-state index contributed by atoms with van der Waals surface area (Å²) in [6.45, 7) is 4.41. The number of hydrogen-bond acceptors (Lipinski definition) is 2. The number of nitrogens with zero attached hydrogens (tertiary/aromatic N) is 2. The Kier molecular flexibility index (Phi) is 2.64. The van der Waals surface area contributed by atoms with E-state index in [1.165, 1.54) is 12.8 Å². The van der Waals surface area contributed by atoms with E-state index in [4.69, 9.17) is 0 Å². The molecule has 0 radical (unpaired) electrons. The molecule has 0 aliphatic heterocycles. The molecule has 13 heavy (non-hydrogen) atoms. The molecule has 1 aliphatic rings. The van der Waals surface area contributed by atoms with E-state index in [2.05, 4.69) is 21.8 Å². The lowest BCUT2D eigenvalue weighted by molar-refractivity contribution is 0.240. The summed E-state index contributed by atoms with van der Waals surface area (Å²) < 4.78 is 2.11. The summed E-state index contributed by atoms with van der Waals surface area (Å²) in [7, 11) is 0. The highest BCUT2D eigenvalue weighted by atomic mass is 15.1. The van der Waals surface area contributed by atoms with Crippen molar-refractivity contribution in [3.63, 3.8) is 0 Å². The lowest BCUT2D eigenvalue weighted by Crippen LogP contribution is -2.41. The number of nitrogens with one attached hydrogen (secondary N) is 1. The van der Waals surface area contributed by atoms with Crippen LogP contribution < -0.4 is 5.32 Å². The van der Waals surface area contributed by atoms with Crippen molar-refractivity contribution < 1.29 is 0 Å². The molecular formula is C10H17N3. The monoisotopic (exact) mass is 179 g/mol. The van der Waals surface area contributed by atoms with Gasteiger partial charge in [-0.05, 0) is 18.8 Å². The molecule has 0 bridgehead atoms. The Hall–Kier alpha value is -0.830. The first-order chi connectivity index (χ1) is 6.34. The van der Waals surface area contributed by atoms with Crippen LogP contribution in [0.25, 0.3) is 0 Å².